The third-order valence-electron chi connectivity index (χ3n) is 4.85. The summed E-state index contributed by atoms with van der Waals surface area (Å²) in [6, 6.07) is 8.56. The van der Waals surface area contributed by atoms with Crippen molar-refractivity contribution in [2.45, 2.75) is 13.1 Å². The molecule has 1 saturated heterocycles. The van der Waals surface area contributed by atoms with Crippen molar-refractivity contribution in [3.63, 3.8) is 0 Å². The highest BCUT2D eigenvalue weighted by Crippen LogP contribution is 2.21. The summed E-state index contributed by atoms with van der Waals surface area (Å²) >= 11 is 0. The summed E-state index contributed by atoms with van der Waals surface area (Å²) in [6.07, 6.45) is -4.44. The Kier molecular flexibility index (Phi) is 7.21. The standard InChI is InChI=1S/C20H23F4N7O2/c1-13(25)16(31(26)15-4-2-14(21)3-5-15)11-33-18-7-6-17(27-28-18)29-8-9-30(19(32)10-29)12-20(22,23)24/h2-7H,8-12,25-26H2,1H3/b16-13-. The second-order valence-electron chi connectivity index (χ2n) is 7.35. The highest BCUT2D eigenvalue weighted by molar-refractivity contribution is 5.82. The summed E-state index contributed by atoms with van der Waals surface area (Å²) in [5.41, 5.74) is 7.20. The molecule has 0 spiro atoms. The molecule has 1 aromatic carbocycles. The summed E-state index contributed by atoms with van der Waals surface area (Å²) in [4.78, 5) is 14.3. The Morgan fingerprint density at radius 2 is 1.85 bits per heavy atom. The van der Waals surface area contributed by atoms with Crippen molar-refractivity contribution in [2.75, 3.05) is 42.7 Å². The van der Waals surface area contributed by atoms with Gasteiger partial charge in [-0.05, 0) is 37.3 Å². The Bertz CT molecular complexity index is 993. The van der Waals surface area contributed by atoms with Crippen LogP contribution in [0.25, 0.3) is 0 Å². The van der Waals surface area contributed by atoms with Gasteiger partial charge in [0.25, 0.3) is 0 Å². The molecule has 1 fully saturated rings. The van der Waals surface area contributed by atoms with E-state index >= 15 is 0 Å². The molecule has 2 aromatic rings. The lowest BCUT2D eigenvalue weighted by molar-refractivity contribution is -0.161. The lowest BCUT2D eigenvalue weighted by Crippen LogP contribution is -2.53. The number of ether oxygens (including phenoxy) is 1. The van der Waals surface area contributed by atoms with Crippen LogP contribution < -0.4 is 26.2 Å². The topological polar surface area (TPSA) is 114 Å². The zero-order valence-electron chi connectivity index (χ0n) is 17.7. The molecule has 1 aliphatic rings. The number of carbonyl (C=O) groups excluding carboxylic acids is 1. The fraction of sp³-hybridized carbons (Fsp3) is 0.350. The van der Waals surface area contributed by atoms with Gasteiger partial charge in [0, 0.05) is 24.9 Å². The first-order valence-electron chi connectivity index (χ1n) is 9.85. The first-order chi connectivity index (χ1) is 15.5. The van der Waals surface area contributed by atoms with Gasteiger partial charge in [-0.25, -0.2) is 10.2 Å². The number of nitrogens with zero attached hydrogens (tertiary/aromatic N) is 5. The largest absolute Gasteiger partial charge is 0.470 e. The van der Waals surface area contributed by atoms with Gasteiger partial charge in [-0.2, -0.15) is 13.2 Å². The number of aromatic nitrogens is 2. The van der Waals surface area contributed by atoms with Crippen molar-refractivity contribution in [2.24, 2.45) is 11.6 Å². The zero-order valence-corrected chi connectivity index (χ0v) is 17.7. The monoisotopic (exact) mass is 469 g/mol. The third-order valence-corrected chi connectivity index (χ3v) is 4.85. The number of hydrazine groups is 1. The van der Waals surface area contributed by atoms with Gasteiger partial charge >= 0.3 is 6.18 Å². The molecule has 4 N–H and O–H groups in total. The number of benzene rings is 1. The summed E-state index contributed by atoms with van der Waals surface area (Å²) in [7, 11) is 0. The summed E-state index contributed by atoms with van der Waals surface area (Å²) in [5, 5.41) is 9.20. The van der Waals surface area contributed by atoms with E-state index in [0.29, 0.717) is 22.9 Å². The minimum Gasteiger partial charge on any atom is -0.470 e. The van der Waals surface area contributed by atoms with Gasteiger partial charge in [-0.1, -0.05) is 0 Å². The highest BCUT2D eigenvalue weighted by Gasteiger charge is 2.35. The summed E-state index contributed by atoms with van der Waals surface area (Å²) < 4.78 is 56.4. The van der Waals surface area contributed by atoms with Crippen molar-refractivity contribution in [1.82, 2.24) is 15.1 Å². The number of hydrogen-bond donors (Lipinski definition) is 2. The van der Waals surface area contributed by atoms with Crippen LogP contribution in [-0.4, -0.2) is 60.0 Å². The summed E-state index contributed by atoms with van der Waals surface area (Å²) in [5.74, 6) is 5.51. The second-order valence-corrected chi connectivity index (χ2v) is 7.35. The van der Waals surface area contributed by atoms with Gasteiger partial charge in [0.1, 0.15) is 19.0 Å². The maximum absolute atomic E-state index is 13.1. The molecule has 33 heavy (non-hydrogen) atoms. The summed E-state index contributed by atoms with van der Waals surface area (Å²) in [6.45, 7) is 0.188. The van der Waals surface area contributed by atoms with Crippen molar-refractivity contribution < 1.29 is 27.1 Å². The van der Waals surface area contributed by atoms with Crippen molar-refractivity contribution >= 4 is 17.4 Å². The van der Waals surface area contributed by atoms with Crippen LogP contribution in [0, 0.1) is 5.82 Å². The Morgan fingerprint density at radius 3 is 2.39 bits per heavy atom. The molecule has 0 aliphatic carbocycles. The number of nitrogens with two attached hydrogens (primary N) is 2. The molecule has 1 aromatic heterocycles. The molecule has 0 saturated carbocycles. The van der Waals surface area contributed by atoms with Crippen LogP contribution in [0.15, 0.2) is 47.8 Å². The van der Waals surface area contributed by atoms with Crippen LogP contribution in [0.2, 0.25) is 0 Å². The lowest BCUT2D eigenvalue weighted by Gasteiger charge is -2.35. The lowest BCUT2D eigenvalue weighted by atomic mass is 10.2. The Balaban J connectivity index is 1.59. The van der Waals surface area contributed by atoms with Gasteiger partial charge in [0.05, 0.1) is 17.9 Å². The third kappa shape index (κ3) is 6.44. The van der Waals surface area contributed by atoms with E-state index in [1.165, 1.54) is 40.2 Å². The minimum absolute atomic E-state index is 0.0567. The van der Waals surface area contributed by atoms with Gasteiger partial charge in [0.15, 0.2) is 5.82 Å². The van der Waals surface area contributed by atoms with Crippen molar-refractivity contribution in [1.29, 1.82) is 0 Å². The number of amides is 1. The van der Waals surface area contributed by atoms with Crippen molar-refractivity contribution in [3.05, 3.63) is 53.6 Å². The van der Waals surface area contributed by atoms with Crippen LogP contribution in [-0.2, 0) is 4.79 Å². The molecule has 13 heteroatoms. The van der Waals surface area contributed by atoms with E-state index in [9.17, 15) is 22.4 Å². The molecule has 2 heterocycles. The number of alkyl halides is 3. The van der Waals surface area contributed by atoms with E-state index in [0.717, 1.165) is 4.90 Å². The molecule has 178 valence electrons. The molecule has 9 nitrogen and oxygen atoms in total. The molecular weight excluding hydrogens is 446 g/mol. The highest BCUT2D eigenvalue weighted by atomic mass is 19.4. The van der Waals surface area contributed by atoms with Gasteiger partial charge in [0.2, 0.25) is 11.8 Å². The Labute approximate surface area is 187 Å². The van der Waals surface area contributed by atoms with E-state index in [-0.39, 0.29) is 32.1 Å². The fourth-order valence-corrected chi connectivity index (χ4v) is 3.12. The van der Waals surface area contributed by atoms with Gasteiger partial charge in [-0.15, -0.1) is 10.2 Å². The first kappa shape index (κ1) is 24.0. The van der Waals surface area contributed by atoms with E-state index in [1.807, 2.05) is 0 Å². The molecule has 3 rings (SSSR count). The van der Waals surface area contributed by atoms with E-state index in [1.54, 1.807) is 13.0 Å². The van der Waals surface area contributed by atoms with Crippen LogP contribution in [0.3, 0.4) is 0 Å². The molecule has 0 unspecified atom stereocenters. The molecule has 0 bridgehead atoms. The second kappa shape index (κ2) is 9.90. The molecule has 1 amide bonds. The molecule has 0 radical (unpaired) electrons. The molecule has 1 aliphatic heterocycles. The number of halogens is 4. The normalized spacial score (nSPS) is 15.4. The minimum atomic E-state index is -4.44. The maximum Gasteiger partial charge on any atom is 0.406 e. The quantitative estimate of drug-likeness (QED) is 0.358. The van der Waals surface area contributed by atoms with Gasteiger partial charge < -0.3 is 20.3 Å². The Hall–Kier alpha value is -3.61. The predicted octanol–water partition coefficient (Wildman–Crippen LogP) is 1.78. The predicted molar refractivity (Wildman–Crippen MR) is 112 cm³/mol. The van der Waals surface area contributed by atoms with Crippen molar-refractivity contribution in [3.8, 4) is 5.88 Å². The fourth-order valence-electron chi connectivity index (χ4n) is 3.12. The number of piperazine rings is 1. The van der Waals surface area contributed by atoms with E-state index < -0.39 is 24.4 Å². The van der Waals surface area contributed by atoms with E-state index in [4.69, 9.17) is 16.3 Å². The average molecular weight is 469 g/mol. The van der Waals surface area contributed by atoms with Crippen LogP contribution >= 0.6 is 0 Å². The average Bonchev–Trinajstić information content (AvgIpc) is 2.75. The number of allylic oxidation sites excluding steroid dienone is 1. The smallest absolute Gasteiger partial charge is 0.406 e. The number of carbonyl (C=O) groups is 1. The van der Waals surface area contributed by atoms with Crippen LogP contribution in [0.5, 0.6) is 5.88 Å². The zero-order chi connectivity index (χ0) is 24.2. The molecular formula is C20H23F4N7O2. The van der Waals surface area contributed by atoms with Gasteiger partial charge in [-0.3, -0.25) is 9.80 Å². The maximum atomic E-state index is 13.1. The SMILES string of the molecule is C/C(N)=C(\COc1ccc(N2CCN(CC(F)(F)F)C(=O)C2)nn1)N(N)c1ccc(F)cc1. The Morgan fingerprint density at radius 1 is 1.15 bits per heavy atom. The van der Waals surface area contributed by atoms with Crippen LogP contribution in [0.4, 0.5) is 29.1 Å². The van der Waals surface area contributed by atoms with Crippen LogP contribution in [0.1, 0.15) is 6.92 Å². The number of anilines is 2. The number of rotatable bonds is 7. The van der Waals surface area contributed by atoms with E-state index in [2.05, 4.69) is 10.2 Å². The number of hydrogen-bond acceptors (Lipinski definition) is 8. The molecule has 0 atom stereocenters. The first-order valence-corrected chi connectivity index (χ1v) is 9.85.